The Morgan fingerprint density at radius 1 is 1.29 bits per heavy atom. The van der Waals surface area contributed by atoms with Crippen molar-refractivity contribution in [3.63, 3.8) is 0 Å². The van der Waals surface area contributed by atoms with E-state index in [1.165, 1.54) is 18.3 Å². The lowest BCUT2D eigenvalue weighted by atomic mass is 10.1. The Bertz CT molecular complexity index is 717. The minimum atomic E-state index is -3.69. The van der Waals surface area contributed by atoms with Crippen molar-refractivity contribution >= 4 is 21.5 Å². The highest BCUT2D eigenvalue weighted by atomic mass is 32.2. The average Bonchev–Trinajstić information content (AvgIpc) is 2.46. The van der Waals surface area contributed by atoms with Crippen LogP contribution < -0.4 is 10.5 Å². The number of hydrogen-bond acceptors (Lipinski definition) is 5. The molecule has 3 N–H and O–H groups in total. The van der Waals surface area contributed by atoms with Crippen LogP contribution in [-0.4, -0.2) is 27.1 Å². The topological polar surface area (TPSA) is 94.3 Å². The van der Waals surface area contributed by atoms with Gasteiger partial charge in [0.1, 0.15) is 5.82 Å². The van der Waals surface area contributed by atoms with E-state index in [2.05, 4.69) is 9.71 Å². The number of pyridine rings is 1. The van der Waals surface area contributed by atoms with Gasteiger partial charge in [-0.25, -0.2) is 13.4 Å². The second-order valence-electron chi connectivity index (χ2n) is 4.42. The first-order valence-electron chi connectivity index (χ1n) is 6.34. The van der Waals surface area contributed by atoms with E-state index in [1.54, 1.807) is 19.2 Å². The van der Waals surface area contributed by atoms with Crippen LogP contribution in [0.4, 0.5) is 11.5 Å². The molecule has 0 aliphatic rings. The first-order chi connectivity index (χ1) is 10.0. The highest BCUT2D eigenvalue weighted by Gasteiger charge is 2.16. The van der Waals surface area contributed by atoms with Crippen LogP contribution in [-0.2, 0) is 21.2 Å². The number of methoxy groups -OCH3 is 1. The lowest BCUT2D eigenvalue weighted by Gasteiger charge is -2.12. The molecule has 0 spiro atoms. The molecule has 0 aliphatic heterocycles. The smallest absolute Gasteiger partial charge is 0.262 e. The highest BCUT2D eigenvalue weighted by Crippen LogP contribution is 2.21. The monoisotopic (exact) mass is 307 g/mol. The summed E-state index contributed by atoms with van der Waals surface area (Å²) in [6, 6.07) is 9.92. The molecule has 7 heteroatoms. The number of para-hydroxylation sites is 1. The third-order valence-electron chi connectivity index (χ3n) is 2.90. The van der Waals surface area contributed by atoms with Crippen LogP contribution in [0.25, 0.3) is 0 Å². The molecular formula is C14H17N3O3S. The van der Waals surface area contributed by atoms with Gasteiger partial charge in [-0.15, -0.1) is 0 Å². The summed E-state index contributed by atoms with van der Waals surface area (Å²) in [6.07, 6.45) is 1.98. The Morgan fingerprint density at radius 3 is 2.76 bits per heavy atom. The normalized spacial score (nSPS) is 11.3. The molecule has 0 unspecified atom stereocenters. The zero-order valence-corrected chi connectivity index (χ0v) is 12.4. The molecule has 0 amide bonds. The minimum Gasteiger partial charge on any atom is -0.384 e. The summed E-state index contributed by atoms with van der Waals surface area (Å²) in [6.45, 7) is 0.515. The zero-order chi connectivity index (χ0) is 15.3. The number of sulfonamides is 1. The van der Waals surface area contributed by atoms with Crippen molar-refractivity contribution in [2.75, 3.05) is 24.2 Å². The van der Waals surface area contributed by atoms with Crippen molar-refractivity contribution < 1.29 is 13.2 Å². The van der Waals surface area contributed by atoms with E-state index in [0.29, 0.717) is 18.7 Å². The molecule has 0 aliphatic carbocycles. The molecule has 2 aromatic rings. The Balaban J connectivity index is 2.29. The van der Waals surface area contributed by atoms with Gasteiger partial charge in [0.15, 0.2) is 0 Å². The van der Waals surface area contributed by atoms with Crippen LogP contribution in [0.2, 0.25) is 0 Å². The van der Waals surface area contributed by atoms with Crippen LogP contribution >= 0.6 is 0 Å². The van der Waals surface area contributed by atoms with Gasteiger partial charge >= 0.3 is 0 Å². The zero-order valence-electron chi connectivity index (χ0n) is 11.6. The molecule has 1 heterocycles. The molecule has 1 aromatic carbocycles. The molecule has 0 saturated carbocycles. The Labute approximate surface area is 124 Å². The number of nitrogens with two attached hydrogens (primary N) is 1. The summed E-state index contributed by atoms with van der Waals surface area (Å²) in [5.74, 6) is 0.158. The fourth-order valence-electron chi connectivity index (χ4n) is 1.85. The van der Waals surface area contributed by atoms with Gasteiger partial charge in [-0.05, 0) is 24.1 Å². The largest absolute Gasteiger partial charge is 0.384 e. The number of nitrogen functional groups attached to an aromatic ring is 1. The Morgan fingerprint density at radius 2 is 2.05 bits per heavy atom. The number of hydrogen-bond donors (Lipinski definition) is 2. The number of nitrogens with one attached hydrogen (secondary N) is 1. The van der Waals surface area contributed by atoms with E-state index >= 15 is 0 Å². The maximum Gasteiger partial charge on any atom is 0.262 e. The van der Waals surface area contributed by atoms with Crippen LogP contribution in [0.15, 0.2) is 47.5 Å². The third kappa shape index (κ3) is 3.93. The molecule has 1 aromatic heterocycles. The van der Waals surface area contributed by atoms with Crippen molar-refractivity contribution in [1.82, 2.24) is 4.98 Å². The molecular weight excluding hydrogens is 290 g/mol. The summed E-state index contributed by atoms with van der Waals surface area (Å²) in [5, 5.41) is 0. The van der Waals surface area contributed by atoms with Crippen molar-refractivity contribution in [1.29, 1.82) is 0 Å². The van der Waals surface area contributed by atoms with E-state index in [4.69, 9.17) is 10.5 Å². The summed E-state index contributed by atoms with van der Waals surface area (Å²) < 4.78 is 32.3. The van der Waals surface area contributed by atoms with Crippen LogP contribution in [0.3, 0.4) is 0 Å². The number of anilines is 2. The standard InChI is InChI=1S/C14H17N3O3S/c1-20-9-7-11-4-2-3-5-13(11)17-21(18,19)12-6-8-16-14(15)10-12/h2-6,8,10,17H,7,9H2,1H3,(H2,15,16). The van der Waals surface area contributed by atoms with Crippen LogP contribution in [0.1, 0.15) is 5.56 Å². The predicted octanol–water partition coefficient (Wildman–Crippen LogP) is 1.65. The van der Waals surface area contributed by atoms with Gasteiger partial charge in [-0.1, -0.05) is 18.2 Å². The molecule has 21 heavy (non-hydrogen) atoms. The maximum absolute atomic E-state index is 12.4. The van der Waals surface area contributed by atoms with Crippen molar-refractivity contribution in [3.8, 4) is 0 Å². The fraction of sp³-hybridized carbons (Fsp3) is 0.214. The predicted molar refractivity (Wildman–Crippen MR) is 81.5 cm³/mol. The summed E-state index contributed by atoms with van der Waals surface area (Å²) in [4.78, 5) is 3.87. The van der Waals surface area contributed by atoms with Crippen LogP contribution in [0.5, 0.6) is 0 Å². The third-order valence-corrected chi connectivity index (χ3v) is 4.26. The van der Waals surface area contributed by atoms with Gasteiger partial charge in [0.05, 0.1) is 17.2 Å². The lowest BCUT2D eigenvalue weighted by molar-refractivity contribution is 0.202. The molecule has 0 atom stereocenters. The number of benzene rings is 1. The van der Waals surface area contributed by atoms with E-state index in [9.17, 15) is 8.42 Å². The van der Waals surface area contributed by atoms with Gasteiger partial charge < -0.3 is 10.5 Å². The molecule has 0 radical (unpaired) electrons. The van der Waals surface area contributed by atoms with Crippen molar-refractivity contribution in [2.45, 2.75) is 11.3 Å². The maximum atomic E-state index is 12.4. The van der Waals surface area contributed by atoms with E-state index in [0.717, 1.165) is 5.56 Å². The average molecular weight is 307 g/mol. The fourth-order valence-corrected chi connectivity index (χ4v) is 2.97. The summed E-state index contributed by atoms with van der Waals surface area (Å²) in [7, 11) is -2.09. The highest BCUT2D eigenvalue weighted by molar-refractivity contribution is 7.92. The number of ether oxygens (including phenoxy) is 1. The molecule has 0 saturated heterocycles. The Hall–Kier alpha value is -2.12. The van der Waals surface area contributed by atoms with Crippen molar-refractivity contribution in [2.24, 2.45) is 0 Å². The van der Waals surface area contributed by atoms with E-state index in [1.807, 2.05) is 12.1 Å². The number of rotatable bonds is 6. The van der Waals surface area contributed by atoms with Gasteiger partial charge in [0.25, 0.3) is 10.0 Å². The van der Waals surface area contributed by atoms with Crippen molar-refractivity contribution in [3.05, 3.63) is 48.2 Å². The van der Waals surface area contributed by atoms with Gasteiger partial charge in [0.2, 0.25) is 0 Å². The second-order valence-corrected chi connectivity index (χ2v) is 6.10. The SMILES string of the molecule is COCCc1ccccc1NS(=O)(=O)c1ccnc(N)c1. The Kier molecular flexibility index (Phi) is 4.77. The lowest BCUT2D eigenvalue weighted by Crippen LogP contribution is -2.15. The first kappa shape index (κ1) is 15.3. The molecule has 0 bridgehead atoms. The molecule has 6 nitrogen and oxygen atoms in total. The van der Waals surface area contributed by atoms with Gasteiger partial charge in [-0.3, -0.25) is 4.72 Å². The van der Waals surface area contributed by atoms with E-state index in [-0.39, 0.29) is 10.7 Å². The first-order valence-corrected chi connectivity index (χ1v) is 7.82. The summed E-state index contributed by atoms with van der Waals surface area (Å²) in [5.41, 5.74) is 6.92. The van der Waals surface area contributed by atoms with E-state index < -0.39 is 10.0 Å². The quantitative estimate of drug-likeness (QED) is 0.846. The molecule has 112 valence electrons. The van der Waals surface area contributed by atoms with Gasteiger partial charge in [0, 0.05) is 19.4 Å². The number of nitrogens with zero attached hydrogens (tertiary/aromatic N) is 1. The molecule has 2 rings (SSSR count). The second kappa shape index (κ2) is 6.55. The van der Waals surface area contributed by atoms with Crippen LogP contribution in [0, 0.1) is 0 Å². The summed E-state index contributed by atoms with van der Waals surface area (Å²) >= 11 is 0. The van der Waals surface area contributed by atoms with Gasteiger partial charge in [-0.2, -0.15) is 0 Å². The molecule has 0 fully saturated rings. The number of aromatic nitrogens is 1. The minimum absolute atomic E-state index is 0.0801.